The molecule has 66 valence electrons. The zero-order valence-corrected chi connectivity index (χ0v) is 7.79. The predicted octanol–water partition coefficient (Wildman–Crippen LogP) is 2.84. The Hall–Kier alpha value is -1.37. The van der Waals surface area contributed by atoms with Gasteiger partial charge in [-0.2, -0.15) is 0 Å². The van der Waals surface area contributed by atoms with Crippen LogP contribution >= 0.6 is 0 Å². The van der Waals surface area contributed by atoms with Gasteiger partial charge in [-0.15, -0.1) is 0 Å². The number of hydrogen-bond acceptors (Lipinski definition) is 0. The molecule has 0 radical (unpaired) electrons. The minimum absolute atomic E-state index is 0.980. The lowest BCUT2D eigenvalue weighted by Crippen LogP contribution is -2.04. The average Bonchev–Trinajstić information content (AvgIpc) is 2.62. The lowest BCUT2D eigenvalue weighted by molar-refractivity contribution is -0.371. The maximum Gasteiger partial charge on any atom is 0.359 e. The third-order valence-corrected chi connectivity index (χ3v) is 2.25. The Bertz CT molecular complexity index is 351. The molecule has 0 fully saturated rings. The quantitative estimate of drug-likeness (QED) is 0.426. The topological polar surface area (TPSA) is 11.3 Å². The van der Waals surface area contributed by atoms with E-state index in [1.165, 1.54) is 11.1 Å². The fourth-order valence-corrected chi connectivity index (χ4v) is 1.66. The summed E-state index contributed by atoms with van der Waals surface area (Å²) in [4.78, 5) is 0. The van der Waals surface area contributed by atoms with Gasteiger partial charge in [-0.1, -0.05) is 18.2 Å². The molecule has 0 heterocycles. The third kappa shape index (κ3) is 1.55. The molecule has 2 aliphatic carbocycles. The second-order valence-corrected chi connectivity index (χ2v) is 3.16. The van der Waals surface area contributed by atoms with Crippen LogP contribution < -0.4 is 0 Å². The second kappa shape index (κ2) is 3.56. The second-order valence-electron chi connectivity index (χ2n) is 3.16. The molecule has 0 aromatic carbocycles. The Morgan fingerprint density at radius 1 is 1.46 bits per heavy atom. The molecule has 1 heteroatoms. The summed E-state index contributed by atoms with van der Waals surface area (Å²) in [5, 5.41) is 0. The van der Waals surface area contributed by atoms with E-state index in [1.54, 1.807) is 6.26 Å². The van der Waals surface area contributed by atoms with Crippen molar-refractivity contribution in [3.8, 4) is 0 Å². The van der Waals surface area contributed by atoms with Gasteiger partial charge in [-0.25, -0.2) is 4.42 Å². The Kier molecular flexibility index (Phi) is 2.26. The van der Waals surface area contributed by atoms with E-state index >= 15 is 0 Å². The van der Waals surface area contributed by atoms with Gasteiger partial charge in [0.15, 0.2) is 0 Å². The highest BCUT2D eigenvalue weighted by Crippen LogP contribution is 2.28. The number of rotatable bonds is 1. The lowest BCUT2D eigenvalue weighted by atomic mass is 10.0. The third-order valence-electron chi connectivity index (χ3n) is 2.25. The molecule has 0 aromatic rings. The highest BCUT2D eigenvalue weighted by Gasteiger charge is 2.24. The molecule has 0 atom stereocenters. The van der Waals surface area contributed by atoms with Gasteiger partial charge >= 0.3 is 12.0 Å². The van der Waals surface area contributed by atoms with Gasteiger partial charge in [-0.05, 0) is 25.3 Å². The van der Waals surface area contributed by atoms with Gasteiger partial charge in [0.25, 0.3) is 0 Å². The first kappa shape index (κ1) is 8.24. The van der Waals surface area contributed by atoms with Crippen molar-refractivity contribution in [1.82, 2.24) is 0 Å². The maximum atomic E-state index is 5.49. The molecule has 0 spiro atoms. The van der Waals surface area contributed by atoms with E-state index in [2.05, 4.69) is 18.2 Å². The van der Waals surface area contributed by atoms with E-state index in [0.717, 1.165) is 18.6 Å². The van der Waals surface area contributed by atoms with Gasteiger partial charge in [0.2, 0.25) is 0 Å². The van der Waals surface area contributed by atoms with Crippen LogP contribution in [0.3, 0.4) is 0 Å². The number of carbonyl (C=O) groups excluding carboxylic acids is 1. The van der Waals surface area contributed by atoms with E-state index in [4.69, 9.17) is 4.42 Å². The molecule has 0 aromatic heterocycles. The summed E-state index contributed by atoms with van der Waals surface area (Å²) < 4.78 is 5.49. The molecular formula is C12H13O+. The predicted molar refractivity (Wildman–Crippen MR) is 54.4 cm³/mol. The standard InChI is InChI=1S/C12H13O/c1-2-9-13-12-8-4-6-10-5-3-7-11(10)12/h2,4,6-9H,3,5H2,1H3/q+1/b9-2+. The fraction of sp³-hybridized carbons (Fsp3) is 0.250. The lowest BCUT2D eigenvalue weighted by Gasteiger charge is -2.00. The van der Waals surface area contributed by atoms with Crippen molar-refractivity contribution in [3.05, 3.63) is 47.8 Å². The Morgan fingerprint density at radius 3 is 3.23 bits per heavy atom. The van der Waals surface area contributed by atoms with Gasteiger partial charge in [0, 0.05) is 12.2 Å². The normalized spacial score (nSPS) is 23.6. The van der Waals surface area contributed by atoms with E-state index in [-0.39, 0.29) is 0 Å². The molecule has 0 bridgehead atoms. The highest BCUT2D eigenvalue weighted by atomic mass is 16.4. The summed E-state index contributed by atoms with van der Waals surface area (Å²) in [6.07, 6.45) is 14.4. The molecule has 1 nitrogen and oxygen atoms in total. The Labute approximate surface area is 78.5 Å². The molecule has 2 rings (SSSR count). The zero-order valence-electron chi connectivity index (χ0n) is 7.79. The minimum atomic E-state index is 0.980. The van der Waals surface area contributed by atoms with Crippen LogP contribution in [0.15, 0.2) is 47.8 Å². The van der Waals surface area contributed by atoms with Crippen LogP contribution in [0.5, 0.6) is 0 Å². The van der Waals surface area contributed by atoms with Crippen LogP contribution in [-0.4, -0.2) is 5.78 Å². The van der Waals surface area contributed by atoms with Crippen LogP contribution in [-0.2, 0) is 4.42 Å². The van der Waals surface area contributed by atoms with E-state index < -0.39 is 0 Å². The van der Waals surface area contributed by atoms with Gasteiger partial charge < -0.3 is 0 Å². The average molecular weight is 173 g/mol. The van der Waals surface area contributed by atoms with Crippen LogP contribution in [0.25, 0.3) is 0 Å². The fourth-order valence-electron chi connectivity index (χ4n) is 1.66. The van der Waals surface area contributed by atoms with E-state index in [0.29, 0.717) is 0 Å². The van der Waals surface area contributed by atoms with Crippen molar-refractivity contribution in [2.24, 2.45) is 0 Å². The molecule has 0 saturated carbocycles. The SMILES string of the molecule is C/C=C/[O+]=C1C=CC=C2CCC=C21. The van der Waals surface area contributed by atoms with E-state index in [1.807, 2.05) is 19.1 Å². The van der Waals surface area contributed by atoms with Gasteiger partial charge in [0.05, 0.1) is 5.57 Å². The number of allylic oxidation sites excluding steroid dienone is 7. The monoisotopic (exact) mass is 173 g/mol. The first-order valence-corrected chi connectivity index (χ1v) is 4.65. The molecule has 0 unspecified atom stereocenters. The molecule has 0 saturated heterocycles. The molecule has 0 aliphatic heterocycles. The summed E-state index contributed by atoms with van der Waals surface area (Å²) in [6, 6.07) is 0. The van der Waals surface area contributed by atoms with Gasteiger partial charge in [0.1, 0.15) is 0 Å². The zero-order chi connectivity index (χ0) is 9.10. The van der Waals surface area contributed by atoms with Crippen LogP contribution in [0.1, 0.15) is 19.8 Å². The largest absolute Gasteiger partial charge is 0.359 e. The minimum Gasteiger partial charge on any atom is -0.216 e. The first-order chi connectivity index (χ1) is 6.42. The molecular weight excluding hydrogens is 160 g/mol. The number of fused-ring (bicyclic) bond motifs is 1. The van der Waals surface area contributed by atoms with Crippen molar-refractivity contribution in [2.45, 2.75) is 19.8 Å². The van der Waals surface area contributed by atoms with Crippen molar-refractivity contribution >= 4 is 5.78 Å². The summed E-state index contributed by atoms with van der Waals surface area (Å²) in [7, 11) is 0. The molecule has 2 aliphatic rings. The maximum absolute atomic E-state index is 5.49. The summed E-state index contributed by atoms with van der Waals surface area (Å²) in [5.41, 5.74) is 2.68. The Balaban J connectivity index is 2.33. The van der Waals surface area contributed by atoms with Crippen LogP contribution in [0, 0.1) is 0 Å². The van der Waals surface area contributed by atoms with Crippen molar-refractivity contribution in [1.29, 1.82) is 0 Å². The molecule has 0 amide bonds. The first-order valence-electron chi connectivity index (χ1n) is 4.65. The summed E-state index contributed by atoms with van der Waals surface area (Å²) >= 11 is 0. The van der Waals surface area contributed by atoms with Crippen LogP contribution in [0.2, 0.25) is 0 Å². The van der Waals surface area contributed by atoms with Gasteiger partial charge in [-0.3, -0.25) is 0 Å². The van der Waals surface area contributed by atoms with Crippen molar-refractivity contribution in [2.75, 3.05) is 0 Å². The Morgan fingerprint density at radius 2 is 2.38 bits per heavy atom. The summed E-state index contributed by atoms with van der Waals surface area (Å²) in [6.45, 7) is 1.95. The number of hydrogen-bond donors (Lipinski definition) is 0. The van der Waals surface area contributed by atoms with Crippen molar-refractivity contribution < 1.29 is 4.42 Å². The highest BCUT2D eigenvalue weighted by molar-refractivity contribution is 6.09. The molecule has 0 N–H and O–H groups in total. The van der Waals surface area contributed by atoms with Crippen LogP contribution in [0.4, 0.5) is 0 Å². The number of ketones is 1. The summed E-state index contributed by atoms with van der Waals surface area (Å²) in [5.74, 6) is 0.980. The smallest absolute Gasteiger partial charge is 0.216 e. The molecule has 13 heavy (non-hydrogen) atoms. The van der Waals surface area contributed by atoms with Crippen molar-refractivity contribution in [3.63, 3.8) is 0 Å². The van der Waals surface area contributed by atoms with E-state index in [9.17, 15) is 0 Å².